The molecule has 5 heteroatoms. The van der Waals surface area contributed by atoms with Crippen molar-refractivity contribution in [2.45, 2.75) is 0 Å². The molecule has 0 aliphatic carbocycles. The topological polar surface area (TPSA) is 72.8 Å². The van der Waals surface area contributed by atoms with Crippen LogP contribution in [-0.2, 0) is 0 Å². The van der Waals surface area contributed by atoms with Gasteiger partial charge in [0.2, 0.25) is 0 Å². The Kier molecular flexibility index (Phi) is 1.89. The number of methoxy groups -OCH3 is 1. The molecule has 86 valence electrons. The molecule has 1 N–H and O–H groups in total. The molecule has 0 aliphatic heterocycles. The Morgan fingerprint density at radius 2 is 2.12 bits per heavy atom. The Balaban J connectivity index is 2.63. The Morgan fingerprint density at radius 3 is 2.88 bits per heavy atom. The highest BCUT2D eigenvalue weighted by molar-refractivity contribution is 6.03. The summed E-state index contributed by atoms with van der Waals surface area (Å²) < 4.78 is 15.5. The highest BCUT2D eigenvalue weighted by atomic mass is 16.5. The molecule has 2 heterocycles. The van der Waals surface area contributed by atoms with Gasteiger partial charge in [0.1, 0.15) is 28.1 Å². The van der Waals surface area contributed by atoms with Crippen LogP contribution in [0.1, 0.15) is 0 Å². The van der Waals surface area contributed by atoms with Gasteiger partial charge in [0, 0.05) is 6.07 Å². The molecule has 0 saturated heterocycles. The van der Waals surface area contributed by atoms with Crippen molar-refractivity contribution in [1.82, 2.24) is 0 Å². The fraction of sp³-hybridized carbons (Fsp3) is 0.0833. The van der Waals surface area contributed by atoms with Crippen LogP contribution in [0.25, 0.3) is 21.9 Å². The standard InChI is InChI=1S/C12H8O5/c1-15-12-6-2-3-16-8(6)5-9-11(12)7(13)4-10(14)17-9/h2-5,13H,1H3. The summed E-state index contributed by atoms with van der Waals surface area (Å²) in [5, 5.41) is 10.9. The minimum atomic E-state index is -0.622. The summed E-state index contributed by atoms with van der Waals surface area (Å²) in [5.41, 5.74) is 0.139. The lowest BCUT2D eigenvalue weighted by atomic mass is 10.1. The highest BCUT2D eigenvalue weighted by Gasteiger charge is 2.15. The summed E-state index contributed by atoms with van der Waals surface area (Å²) in [6.45, 7) is 0. The second-order valence-corrected chi connectivity index (χ2v) is 3.57. The van der Waals surface area contributed by atoms with Crippen LogP contribution in [0, 0.1) is 0 Å². The molecular formula is C12H8O5. The zero-order valence-corrected chi connectivity index (χ0v) is 8.89. The van der Waals surface area contributed by atoms with Crippen molar-refractivity contribution in [2.75, 3.05) is 7.11 Å². The van der Waals surface area contributed by atoms with Gasteiger partial charge in [0.05, 0.1) is 24.8 Å². The molecule has 0 unspecified atom stereocenters. The van der Waals surface area contributed by atoms with Gasteiger partial charge in [-0.05, 0) is 6.07 Å². The van der Waals surface area contributed by atoms with Crippen LogP contribution >= 0.6 is 0 Å². The summed E-state index contributed by atoms with van der Waals surface area (Å²) in [7, 11) is 1.48. The third-order valence-corrected chi connectivity index (χ3v) is 2.60. The largest absolute Gasteiger partial charge is 0.507 e. The minimum absolute atomic E-state index is 0.170. The van der Waals surface area contributed by atoms with Crippen LogP contribution in [-0.4, -0.2) is 12.2 Å². The first-order valence-corrected chi connectivity index (χ1v) is 4.91. The number of benzene rings is 1. The van der Waals surface area contributed by atoms with Crippen molar-refractivity contribution >= 4 is 21.9 Å². The molecule has 0 radical (unpaired) electrons. The lowest BCUT2D eigenvalue weighted by Gasteiger charge is -2.06. The molecule has 3 aromatic rings. The predicted molar refractivity (Wildman–Crippen MR) is 60.5 cm³/mol. The van der Waals surface area contributed by atoms with Gasteiger partial charge in [0.25, 0.3) is 0 Å². The quantitative estimate of drug-likeness (QED) is 0.651. The predicted octanol–water partition coefficient (Wildman–Crippen LogP) is 2.25. The van der Waals surface area contributed by atoms with E-state index in [9.17, 15) is 9.90 Å². The van der Waals surface area contributed by atoms with E-state index in [1.807, 2.05) is 0 Å². The highest BCUT2D eigenvalue weighted by Crippen LogP contribution is 2.38. The Labute approximate surface area is 94.8 Å². The number of aromatic hydroxyl groups is 1. The lowest BCUT2D eigenvalue weighted by molar-refractivity contribution is 0.417. The normalized spacial score (nSPS) is 11.1. The smallest absolute Gasteiger partial charge is 0.339 e. The van der Waals surface area contributed by atoms with Gasteiger partial charge in [-0.1, -0.05) is 0 Å². The molecule has 0 atom stereocenters. The van der Waals surface area contributed by atoms with Crippen LogP contribution in [0.5, 0.6) is 11.5 Å². The van der Waals surface area contributed by atoms with Gasteiger partial charge in [-0.15, -0.1) is 0 Å². The number of hydrogen-bond donors (Lipinski definition) is 1. The molecular weight excluding hydrogens is 224 g/mol. The van der Waals surface area contributed by atoms with Crippen molar-refractivity contribution in [3.63, 3.8) is 0 Å². The van der Waals surface area contributed by atoms with E-state index in [-0.39, 0.29) is 11.3 Å². The van der Waals surface area contributed by atoms with Gasteiger partial charge in [-0.3, -0.25) is 0 Å². The zero-order valence-electron chi connectivity index (χ0n) is 8.89. The van der Waals surface area contributed by atoms with Crippen molar-refractivity contribution in [3.8, 4) is 11.5 Å². The Morgan fingerprint density at radius 1 is 1.29 bits per heavy atom. The summed E-state index contributed by atoms with van der Waals surface area (Å²) in [6.07, 6.45) is 1.50. The Hall–Kier alpha value is -2.43. The SMILES string of the molecule is COc1c2ccoc2cc2oc(=O)cc(O)c12. The summed E-state index contributed by atoms with van der Waals surface area (Å²) in [5.74, 6) is 0.253. The van der Waals surface area contributed by atoms with E-state index >= 15 is 0 Å². The maximum absolute atomic E-state index is 11.2. The molecule has 0 amide bonds. The summed E-state index contributed by atoms with van der Waals surface area (Å²) in [6, 6.07) is 4.28. The van der Waals surface area contributed by atoms with E-state index < -0.39 is 5.63 Å². The summed E-state index contributed by atoms with van der Waals surface area (Å²) in [4.78, 5) is 11.2. The van der Waals surface area contributed by atoms with Crippen molar-refractivity contribution in [2.24, 2.45) is 0 Å². The van der Waals surface area contributed by atoms with E-state index in [0.29, 0.717) is 22.1 Å². The molecule has 3 rings (SSSR count). The maximum Gasteiger partial charge on any atom is 0.339 e. The molecule has 5 nitrogen and oxygen atoms in total. The van der Waals surface area contributed by atoms with E-state index in [0.717, 1.165) is 6.07 Å². The van der Waals surface area contributed by atoms with Crippen molar-refractivity contribution < 1.29 is 18.7 Å². The van der Waals surface area contributed by atoms with Gasteiger partial charge in [0.15, 0.2) is 0 Å². The fourth-order valence-corrected chi connectivity index (χ4v) is 1.91. The molecule has 2 aromatic heterocycles. The van der Waals surface area contributed by atoms with Gasteiger partial charge in [-0.2, -0.15) is 0 Å². The lowest BCUT2D eigenvalue weighted by Crippen LogP contribution is -1.96. The molecule has 1 aromatic carbocycles. The van der Waals surface area contributed by atoms with E-state index in [4.69, 9.17) is 13.6 Å². The fourth-order valence-electron chi connectivity index (χ4n) is 1.91. The second kappa shape index (κ2) is 3.28. The van der Waals surface area contributed by atoms with E-state index in [1.54, 1.807) is 12.1 Å². The summed E-state index contributed by atoms with van der Waals surface area (Å²) >= 11 is 0. The molecule has 0 bridgehead atoms. The van der Waals surface area contributed by atoms with Crippen LogP contribution in [0.3, 0.4) is 0 Å². The first-order chi connectivity index (χ1) is 8.20. The van der Waals surface area contributed by atoms with Crippen molar-refractivity contribution in [3.05, 3.63) is 34.9 Å². The third kappa shape index (κ3) is 1.29. The van der Waals surface area contributed by atoms with Crippen LogP contribution in [0.4, 0.5) is 0 Å². The first-order valence-electron chi connectivity index (χ1n) is 4.91. The average molecular weight is 232 g/mol. The number of ether oxygens (including phenoxy) is 1. The van der Waals surface area contributed by atoms with Crippen LogP contribution in [0.15, 0.2) is 38.1 Å². The number of hydrogen-bond acceptors (Lipinski definition) is 5. The van der Waals surface area contributed by atoms with E-state index in [2.05, 4.69) is 0 Å². The molecule has 0 saturated carbocycles. The number of furan rings is 1. The van der Waals surface area contributed by atoms with E-state index in [1.165, 1.54) is 13.4 Å². The van der Waals surface area contributed by atoms with Crippen LogP contribution < -0.4 is 10.4 Å². The molecule has 17 heavy (non-hydrogen) atoms. The molecule has 0 aliphatic rings. The zero-order chi connectivity index (χ0) is 12.0. The molecule has 0 spiro atoms. The van der Waals surface area contributed by atoms with Crippen molar-refractivity contribution in [1.29, 1.82) is 0 Å². The maximum atomic E-state index is 11.2. The average Bonchev–Trinajstić information content (AvgIpc) is 2.73. The number of fused-ring (bicyclic) bond motifs is 2. The van der Waals surface area contributed by atoms with Gasteiger partial charge < -0.3 is 18.7 Å². The minimum Gasteiger partial charge on any atom is -0.507 e. The van der Waals surface area contributed by atoms with Gasteiger partial charge in [-0.25, -0.2) is 4.79 Å². The monoisotopic (exact) mass is 232 g/mol. The Bertz CT molecular complexity index is 765. The third-order valence-electron chi connectivity index (χ3n) is 2.60. The second-order valence-electron chi connectivity index (χ2n) is 3.57. The number of rotatable bonds is 1. The molecule has 0 fully saturated rings. The van der Waals surface area contributed by atoms with Gasteiger partial charge >= 0.3 is 5.63 Å². The van der Waals surface area contributed by atoms with Crippen LogP contribution in [0.2, 0.25) is 0 Å². The first kappa shape index (κ1) is 9.77.